The fourth-order valence-corrected chi connectivity index (χ4v) is 3.19. The van der Waals surface area contributed by atoms with Crippen molar-refractivity contribution in [2.75, 3.05) is 19.7 Å². The SMILES string of the molecule is CC[C@@H](O)CN1CCOc2c(O)cc(-c3ccccc3C)cc2C1. The van der Waals surface area contributed by atoms with E-state index in [9.17, 15) is 10.2 Å². The van der Waals surface area contributed by atoms with Gasteiger partial charge in [-0.3, -0.25) is 4.90 Å². The Morgan fingerprint density at radius 2 is 2.04 bits per heavy atom. The van der Waals surface area contributed by atoms with Gasteiger partial charge in [-0.25, -0.2) is 0 Å². The zero-order valence-electron chi connectivity index (χ0n) is 14.3. The average Bonchev–Trinajstić information content (AvgIpc) is 2.77. The number of rotatable bonds is 4. The van der Waals surface area contributed by atoms with Gasteiger partial charge in [0.1, 0.15) is 6.61 Å². The third-order valence-electron chi connectivity index (χ3n) is 4.59. The predicted molar refractivity (Wildman–Crippen MR) is 95.3 cm³/mol. The van der Waals surface area contributed by atoms with Crippen LogP contribution in [0.15, 0.2) is 36.4 Å². The molecule has 0 spiro atoms. The van der Waals surface area contributed by atoms with E-state index in [1.807, 2.05) is 19.1 Å². The molecule has 2 aromatic carbocycles. The Kier molecular flexibility index (Phi) is 5.07. The summed E-state index contributed by atoms with van der Waals surface area (Å²) in [6.07, 6.45) is 0.401. The number of hydrogen-bond acceptors (Lipinski definition) is 4. The Morgan fingerprint density at radius 1 is 1.25 bits per heavy atom. The first-order valence-corrected chi connectivity index (χ1v) is 8.53. The van der Waals surface area contributed by atoms with Crippen LogP contribution in [0.2, 0.25) is 0 Å². The standard InChI is InChI=1S/C20H25NO3/c1-3-17(22)13-21-8-9-24-20-16(12-21)10-15(11-19(20)23)18-7-5-4-6-14(18)2/h4-7,10-11,17,22-23H,3,8-9,12-13H2,1-2H3/t17-/m1/s1. The normalized spacial score (nSPS) is 16.1. The molecule has 4 heteroatoms. The lowest BCUT2D eigenvalue weighted by Gasteiger charge is -2.22. The van der Waals surface area contributed by atoms with Crippen LogP contribution in [0.4, 0.5) is 0 Å². The van der Waals surface area contributed by atoms with Gasteiger partial charge in [-0.05, 0) is 42.2 Å². The highest BCUT2D eigenvalue weighted by Gasteiger charge is 2.21. The summed E-state index contributed by atoms with van der Waals surface area (Å²) in [7, 11) is 0. The molecule has 0 aliphatic carbocycles. The number of aliphatic hydroxyl groups is 1. The van der Waals surface area contributed by atoms with E-state index in [1.54, 1.807) is 6.07 Å². The molecule has 0 fully saturated rings. The number of phenols is 1. The highest BCUT2D eigenvalue weighted by molar-refractivity contribution is 5.71. The van der Waals surface area contributed by atoms with Crippen molar-refractivity contribution >= 4 is 0 Å². The largest absolute Gasteiger partial charge is 0.504 e. The minimum Gasteiger partial charge on any atom is -0.504 e. The Balaban J connectivity index is 1.95. The summed E-state index contributed by atoms with van der Waals surface area (Å²) < 4.78 is 5.77. The molecule has 1 aliphatic heterocycles. The summed E-state index contributed by atoms with van der Waals surface area (Å²) in [5, 5.41) is 20.4. The van der Waals surface area contributed by atoms with Gasteiger partial charge in [0.25, 0.3) is 0 Å². The van der Waals surface area contributed by atoms with Crippen molar-refractivity contribution in [1.82, 2.24) is 4.90 Å². The molecule has 3 rings (SSSR count). The maximum atomic E-state index is 10.4. The third kappa shape index (κ3) is 3.55. The lowest BCUT2D eigenvalue weighted by atomic mass is 9.98. The van der Waals surface area contributed by atoms with Crippen molar-refractivity contribution < 1.29 is 14.9 Å². The Hall–Kier alpha value is -2.04. The first-order valence-electron chi connectivity index (χ1n) is 8.53. The van der Waals surface area contributed by atoms with Gasteiger partial charge in [0.2, 0.25) is 0 Å². The van der Waals surface area contributed by atoms with Crippen molar-refractivity contribution in [3.8, 4) is 22.6 Å². The zero-order chi connectivity index (χ0) is 17.1. The van der Waals surface area contributed by atoms with Crippen LogP contribution in [-0.2, 0) is 6.54 Å². The van der Waals surface area contributed by atoms with Gasteiger partial charge in [-0.15, -0.1) is 0 Å². The topological polar surface area (TPSA) is 52.9 Å². The van der Waals surface area contributed by atoms with Gasteiger partial charge in [0, 0.05) is 25.2 Å². The minimum atomic E-state index is -0.334. The lowest BCUT2D eigenvalue weighted by Crippen LogP contribution is -2.33. The number of benzene rings is 2. The van der Waals surface area contributed by atoms with E-state index in [2.05, 4.69) is 30.0 Å². The lowest BCUT2D eigenvalue weighted by molar-refractivity contribution is 0.101. The van der Waals surface area contributed by atoms with Crippen LogP contribution in [0.3, 0.4) is 0 Å². The van der Waals surface area contributed by atoms with Crippen LogP contribution >= 0.6 is 0 Å². The van der Waals surface area contributed by atoms with Crippen molar-refractivity contribution in [2.24, 2.45) is 0 Å². The van der Waals surface area contributed by atoms with E-state index < -0.39 is 0 Å². The molecule has 0 aromatic heterocycles. The van der Waals surface area contributed by atoms with Crippen molar-refractivity contribution in [3.63, 3.8) is 0 Å². The van der Waals surface area contributed by atoms with E-state index in [0.29, 0.717) is 25.4 Å². The summed E-state index contributed by atoms with van der Waals surface area (Å²) >= 11 is 0. The van der Waals surface area contributed by atoms with Crippen LogP contribution in [0.1, 0.15) is 24.5 Å². The number of aryl methyl sites for hydroxylation is 1. The van der Waals surface area contributed by atoms with E-state index in [4.69, 9.17) is 4.74 Å². The van der Waals surface area contributed by atoms with E-state index in [-0.39, 0.29) is 11.9 Å². The smallest absolute Gasteiger partial charge is 0.165 e. The Morgan fingerprint density at radius 3 is 2.79 bits per heavy atom. The summed E-state index contributed by atoms with van der Waals surface area (Å²) in [6, 6.07) is 12.0. The van der Waals surface area contributed by atoms with Gasteiger partial charge < -0.3 is 14.9 Å². The molecule has 128 valence electrons. The second kappa shape index (κ2) is 7.24. The van der Waals surface area contributed by atoms with Crippen molar-refractivity contribution in [3.05, 3.63) is 47.5 Å². The highest BCUT2D eigenvalue weighted by Crippen LogP contribution is 2.38. The molecule has 1 heterocycles. The average molecular weight is 327 g/mol. The van der Waals surface area contributed by atoms with E-state index >= 15 is 0 Å². The molecular formula is C20H25NO3. The third-order valence-corrected chi connectivity index (χ3v) is 4.59. The number of phenolic OH excluding ortho intramolecular Hbond substituents is 1. The second-order valence-electron chi connectivity index (χ2n) is 6.44. The fraction of sp³-hybridized carbons (Fsp3) is 0.400. The number of fused-ring (bicyclic) bond motifs is 1. The van der Waals surface area contributed by atoms with Gasteiger partial charge in [-0.2, -0.15) is 0 Å². The molecule has 1 aliphatic rings. The number of hydrogen-bond donors (Lipinski definition) is 2. The maximum absolute atomic E-state index is 10.4. The molecule has 0 saturated heterocycles. The van der Waals surface area contributed by atoms with Crippen molar-refractivity contribution in [1.29, 1.82) is 0 Å². The molecule has 24 heavy (non-hydrogen) atoms. The summed E-state index contributed by atoms with van der Waals surface area (Å²) in [4.78, 5) is 2.18. The minimum absolute atomic E-state index is 0.184. The molecule has 2 aromatic rings. The molecule has 4 nitrogen and oxygen atoms in total. The number of ether oxygens (including phenoxy) is 1. The number of β-amino-alcohol motifs (C(OH)–C–C–N with tert-alkyl or cyclic N) is 1. The van der Waals surface area contributed by atoms with E-state index in [0.717, 1.165) is 29.7 Å². The predicted octanol–water partition coefficient (Wildman–Crippen LogP) is 3.33. The molecule has 2 N–H and O–H groups in total. The van der Waals surface area contributed by atoms with Crippen LogP contribution in [0.5, 0.6) is 11.5 Å². The van der Waals surface area contributed by atoms with Crippen LogP contribution in [0, 0.1) is 6.92 Å². The first kappa shape index (κ1) is 16.8. The van der Waals surface area contributed by atoms with Crippen LogP contribution in [0.25, 0.3) is 11.1 Å². The molecule has 1 atom stereocenters. The maximum Gasteiger partial charge on any atom is 0.165 e. The number of aliphatic hydroxyl groups excluding tert-OH is 1. The molecule has 0 radical (unpaired) electrons. The summed E-state index contributed by atoms with van der Waals surface area (Å²) in [5.74, 6) is 0.754. The zero-order valence-corrected chi connectivity index (χ0v) is 14.3. The van der Waals surface area contributed by atoms with Gasteiger partial charge in [0.15, 0.2) is 11.5 Å². The van der Waals surface area contributed by atoms with E-state index in [1.165, 1.54) is 5.56 Å². The monoisotopic (exact) mass is 327 g/mol. The quantitative estimate of drug-likeness (QED) is 0.904. The Labute approximate surface area is 143 Å². The molecular weight excluding hydrogens is 302 g/mol. The number of aromatic hydroxyl groups is 1. The summed E-state index contributed by atoms with van der Waals surface area (Å²) in [5.41, 5.74) is 4.24. The van der Waals surface area contributed by atoms with Gasteiger partial charge >= 0.3 is 0 Å². The second-order valence-corrected chi connectivity index (χ2v) is 6.44. The van der Waals surface area contributed by atoms with Crippen molar-refractivity contribution in [2.45, 2.75) is 32.9 Å². The van der Waals surface area contributed by atoms with Gasteiger partial charge in [-0.1, -0.05) is 31.2 Å². The van der Waals surface area contributed by atoms with Gasteiger partial charge in [0.05, 0.1) is 6.10 Å². The Bertz CT molecular complexity index is 714. The first-order chi connectivity index (χ1) is 11.6. The molecule has 0 unspecified atom stereocenters. The highest BCUT2D eigenvalue weighted by atomic mass is 16.5. The fourth-order valence-electron chi connectivity index (χ4n) is 3.19. The van der Waals surface area contributed by atoms with Crippen LogP contribution in [-0.4, -0.2) is 40.9 Å². The number of nitrogens with zero attached hydrogens (tertiary/aromatic N) is 1. The molecule has 0 bridgehead atoms. The molecule has 0 saturated carbocycles. The summed E-state index contributed by atoms with van der Waals surface area (Å²) in [6.45, 7) is 6.59. The van der Waals surface area contributed by atoms with Crippen LogP contribution < -0.4 is 4.74 Å². The molecule has 0 amide bonds.